The highest BCUT2D eigenvalue weighted by molar-refractivity contribution is 5.88. The molecule has 12 heteroatoms. The van der Waals surface area contributed by atoms with Crippen molar-refractivity contribution >= 4 is 24.0 Å². The van der Waals surface area contributed by atoms with Crippen LogP contribution >= 0.6 is 0 Å². The topological polar surface area (TPSA) is 156 Å². The number of nitrogens with one attached hydrogen (secondary N) is 1. The molecule has 1 aliphatic rings. The maximum Gasteiger partial charge on any atom is 0.408 e. The molecule has 3 N–H and O–H groups in total. The summed E-state index contributed by atoms with van der Waals surface area (Å²) in [6.45, 7) is 9.68. The number of ether oxygens (including phenoxy) is 2. The lowest BCUT2D eigenvalue weighted by atomic mass is 9.80. The van der Waals surface area contributed by atoms with E-state index in [2.05, 4.69) is 15.3 Å². The fourth-order valence-electron chi connectivity index (χ4n) is 4.04. The molecule has 4 unspecified atom stereocenters. The lowest BCUT2D eigenvalue weighted by molar-refractivity contribution is -0.126. The van der Waals surface area contributed by atoms with Crippen LogP contribution in [0.25, 0.3) is 0 Å². The molecular formula is C24H39N5O7. The third kappa shape index (κ3) is 7.34. The number of amides is 1. The Hall–Kier alpha value is -2.83. The number of hydrogen-bond donors (Lipinski definition) is 3. The number of alkyl carbamates (subject to hydrolysis) is 1. The molecule has 0 radical (unpaired) electrons. The predicted octanol–water partition coefficient (Wildman–Crippen LogP) is 1.23. The largest absolute Gasteiger partial charge is 0.444 e. The average Bonchev–Trinajstić information content (AvgIpc) is 2.98. The number of ketones is 1. The van der Waals surface area contributed by atoms with Crippen molar-refractivity contribution in [3.8, 4) is 0 Å². The monoisotopic (exact) mass is 509 g/mol. The summed E-state index contributed by atoms with van der Waals surface area (Å²) in [4.78, 5) is 47.9. The van der Waals surface area contributed by atoms with Gasteiger partial charge >= 0.3 is 11.8 Å². The molecule has 0 saturated carbocycles. The molecule has 1 amide bonds. The Bertz CT molecular complexity index is 1010. The molecule has 0 aromatic carbocycles. The Labute approximate surface area is 211 Å². The first-order valence-electron chi connectivity index (χ1n) is 11.9. The van der Waals surface area contributed by atoms with Crippen LogP contribution in [0.15, 0.2) is 22.1 Å². The van der Waals surface area contributed by atoms with E-state index in [1.54, 1.807) is 53.6 Å². The minimum absolute atomic E-state index is 0.181. The van der Waals surface area contributed by atoms with Crippen molar-refractivity contribution in [3.05, 3.63) is 22.7 Å². The molecule has 1 fully saturated rings. The number of aromatic nitrogens is 2. The molecule has 0 aliphatic carbocycles. The van der Waals surface area contributed by atoms with Crippen molar-refractivity contribution in [2.45, 2.75) is 77.5 Å². The summed E-state index contributed by atoms with van der Waals surface area (Å²) in [5.41, 5.74) is -3.15. The Morgan fingerprint density at radius 1 is 1.39 bits per heavy atom. The summed E-state index contributed by atoms with van der Waals surface area (Å²) in [5, 5.41) is 24.0. The van der Waals surface area contributed by atoms with Crippen LogP contribution in [-0.4, -0.2) is 86.9 Å². The normalized spacial score (nSPS) is 25.2. The number of Topliss-reactive ketones (excluding diaryl/α,β-unsaturated/α-hetero) is 1. The maximum absolute atomic E-state index is 13.3. The SMILES string of the molecule is CC(C)[C@H](NC(=O)OC(C)(C)C)C(=O)CC1C(CO)OC(n2ccc(/N=C\N(C)C)nc2=O)C1(C)O. The quantitative estimate of drug-likeness (QED) is 0.329. The van der Waals surface area contributed by atoms with E-state index < -0.39 is 53.9 Å². The van der Waals surface area contributed by atoms with Gasteiger partial charge in [-0.1, -0.05) is 13.8 Å². The average molecular weight is 510 g/mol. The summed E-state index contributed by atoms with van der Waals surface area (Å²) in [6.07, 6.45) is -0.168. The summed E-state index contributed by atoms with van der Waals surface area (Å²) in [7, 11) is 3.55. The van der Waals surface area contributed by atoms with E-state index in [4.69, 9.17) is 9.47 Å². The van der Waals surface area contributed by atoms with Crippen molar-refractivity contribution in [2.24, 2.45) is 16.8 Å². The summed E-state index contributed by atoms with van der Waals surface area (Å²) < 4.78 is 12.2. The van der Waals surface area contributed by atoms with Gasteiger partial charge in [0.1, 0.15) is 11.2 Å². The lowest BCUT2D eigenvalue weighted by Crippen LogP contribution is -2.49. The van der Waals surface area contributed by atoms with Gasteiger partial charge in [0.15, 0.2) is 17.8 Å². The molecule has 0 spiro atoms. The van der Waals surface area contributed by atoms with Gasteiger partial charge in [-0.2, -0.15) is 4.98 Å². The van der Waals surface area contributed by atoms with Gasteiger partial charge < -0.3 is 29.9 Å². The molecule has 2 heterocycles. The van der Waals surface area contributed by atoms with Gasteiger partial charge in [-0.3, -0.25) is 9.36 Å². The van der Waals surface area contributed by atoms with Crippen molar-refractivity contribution in [2.75, 3.05) is 20.7 Å². The van der Waals surface area contributed by atoms with Crippen molar-refractivity contribution in [1.82, 2.24) is 19.8 Å². The number of aliphatic hydroxyl groups excluding tert-OH is 1. The molecule has 36 heavy (non-hydrogen) atoms. The first-order chi connectivity index (χ1) is 16.6. The number of rotatable bonds is 9. The molecular weight excluding hydrogens is 470 g/mol. The van der Waals surface area contributed by atoms with Gasteiger partial charge in [0.05, 0.1) is 25.1 Å². The first-order valence-corrected chi connectivity index (χ1v) is 11.9. The summed E-state index contributed by atoms with van der Waals surface area (Å²) in [6, 6.07) is 0.611. The summed E-state index contributed by atoms with van der Waals surface area (Å²) in [5.74, 6) is -1.30. The van der Waals surface area contributed by atoms with E-state index in [9.17, 15) is 24.6 Å². The van der Waals surface area contributed by atoms with Gasteiger partial charge in [-0.05, 0) is 39.7 Å². The van der Waals surface area contributed by atoms with Crippen LogP contribution in [-0.2, 0) is 14.3 Å². The molecule has 0 bridgehead atoms. The number of aliphatic hydroxyl groups is 2. The zero-order valence-corrected chi connectivity index (χ0v) is 22.3. The van der Waals surface area contributed by atoms with Crippen LogP contribution in [0.1, 0.15) is 54.2 Å². The van der Waals surface area contributed by atoms with E-state index >= 15 is 0 Å². The second-order valence-corrected chi connectivity index (χ2v) is 10.8. The molecule has 12 nitrogen and oxygen atoms in total. The standard InChI is InChI=1S/C24H39N5O7/c1-14(2)19(27-22(33)36-23(3,4)5)16(31)11-15-17(12-30)35-20(24(15,6)34)29-10-9-18(26-21(29)32)25-13-28(7)8/h9-10,13-15,17,19-20,30,34H,11-12H2,1-8H3,(H,27,33)/b25-13-/t15?,17?,19-,20?,24?/m0/s1. The van der Waals surface area contributed by atoms with E-state index in [0.717, 1.165) is 4.57 Å². The third-order valence-electron chi connectivity index (χ3n) is 5.78. The predicted molar refractivity (Wildman–Crippen MR) is 133 cm³/mol. The maximum atomic E-state index is 13.3. The highest BCUT2D eigenvalue weighted by Crippen LogP contribution is 2.44. The molecule has 2 rings (SSSR count). The van der Waals surface area contributed by atoms with Crippen LogP contribution in [0.5, 0.6) is 0 Å². The van der Waals surface area contributed by atoms with E-state index in [1.165, 1.54) is 25.5 Å². The summed E-state index contributed by atoms with van der Waals surface area (Å²) >= 11 is 0. The van der Waals surface area contributed by atoms with Crippen LogP contribution in [0.2, 0.25) is 0 Å². The van der Waals surface area contributed by atoms with E-state index in [0.29, 0.717) is 0 Å². The van der Waals surface area contributed by atoms with Crippen LogP contribution in [0.4, 0.5) is 10.6 Å². The minimum Gasteiger partial charge on any atom is -0.444 e. The molecule has 1 saturated heterocycles. The Balaban J connectivity index is 2.27. The first kappa shape index (κ1) is 29.4. The fraction of sp³-hybridized carbons (Fsp3) is 0.708. The number of hydrogen-bond acceptors (Lipinski definition) is 9. The van der Waals surface area contributed by atoms with Gasteiger partial charge in [-0.15, -0.1) is 0 Å². The second-order valence-electron chi connectivity index (χ2n) is 10.8. The molecule has 202 valence electrons. The number of carbonyl (C=O) groups excluding carboxylic acids is 2. The smallest absolute Gasteiger partial charge is 0.408 e. The number of aliphatic imine (C=N–C) groups is 1. The van der Waals surface area contributed by atoms with E-state index in [-0.39, 0.29) is 23.9 Å². The van der Waals surface area contributed by atoms with Crippen LogP contribution in [0, 0.1) is 11.8 Å². The fourth-order valence-corrected chi connectivity index (χ4v) is 4.04. The highest BCUT2D eigenvalue weighted by Gasteiger charge is 2.54. The highest BCUT2D eigenvalue weighted by atomic mass is 16.6. The molecule has 1 aromatic heterocycles. The van der Waals surface area contributed by atoms with Crippen molar-refractivity contribution in [3.63, 3.8) is 0 Å². The van der Waals surface area contributed by atoms with Crippen LogP contribution < -0.4 is 11.0 Å². The van der Waals surface area contributed by atoms with Gasteiger partial charge in [0.2, 0.25) is 0 Å². The van der Waals surface area contributed by atoms with E-state index in [1.807, 2.05) is 0 Å². The molecule has 1 aliphatic heterocycles. The van der Waals surface area contributed by atoms with Gasteiger partial charge in [0.25, 0.3) is 0 Å². The third-order valence-corrected chi connectivity index (χ3v) is 5.78. The lowest BCUT2D eigenvalue weighted by Gasteiger charge is -2.31. The number of carbonyl (C=O) groups is 2. The second kappa shape index (κ2) is 11.5. The number of nitrogens with zero attached hydrogens (tertiary/aromatic N) is 4. The minimum atomic E-state index is -1.71. The Kier molecular flexibility index (Phi) is 9.38. The van der Waals surface area contributed by atoms with Crippen molar-refractivity contribution in [1.29, 1.82) is 0 Å². The zero-order chi connectivity index (χ0) is 27.4. The zero-order valence-electron chi connectivity index (χ0n) is 22.3. The van der Waals surface area contributed by atoms with Crippen LogP contribution in [0.3, 0.4) is 0 Å². The van der Waals surface area contributed by atoms with Crippen molar-refractivity contribution < 1.29 is 29.3 Å². The Morgan fingerprint density at radius 2 is 2.03 bits per heavy atom. The Morgan fingerprint density at radius 3 is 2.53 bits per heavy atom. The molecule has 1 aromatic rings. The molecule has 5 atom stereocenters. The van der Waals surface area contributed by atoms with Gasteiger partial charge in [-0.25, -0.2) is 14.6 Å². The van der Waals surface area contributed by atoms with Gasteiger partial charge in [0, 0.05) is 32.6 Å².